The van der Waals surface area contributed by atoms with Gasteiger partial charge in [-0.05, 0) is 81.6 Å². The highest BCUT2D eigenvalue weighted by molar-refractivity contribution is 7.22. The number of aromatic amines is 2. The van der Waals surface area contributed by atoms with Crippen molar-refractivity contribution in [3.8, 4) is 27.0 Å². The van der Waals surface area contributed by atoms with Crippen LogP contribution in [-0.2, 0) is 13.1 Å². The van der Waals surface area contributed by atoms with Gasteiger partial charge in [0.25, 0.3) is 5.91 Å². The molecular weight excluding hydrogens is 829 g/mol. The van der Waals surface area contributed by atoms with Crippen LogP contribution in [0.4, 0.5) is 34.9 Å². The molecule has 17 heteroatoms. The Morgan fingerprint density at radius 3 is 1.70 bits per heavy atom. The Hall–Kier alpha value is -8.46. The number of carbonyl (C=O) groups excluding carboxylic acids is 1. The van der Waals surface area contributed by atoms with E-state index in [1.807, 2.05) is 36.7 Å². The van der Waals surface area contributed by atoms with Crippen molar-refractivity contribution >= 4 is 118 Å². The molecule has 10 aromatic rings. The number of hydrogen-bond donors (Lipinski definition) is 7. The van der Waals surface area contributed by atoms with Crippen LogP contribution in [0.5, 0.6) is 0 Å². The van der Waals surface area contributed by atoms with Crippen molar-refractivity contribution in [3.05, 3.63) is 131 Å². The molecular formula is C46H32N14OS2. The molecule has 0 spiro atoms. The van der Waals surface area contributed by atoms with E-state index in [-0.39, 0.29) is 11.9 Å². The van der Waals surface area contributed by atoms with Gasteiger partial charge in [-0.15, -0.1) is 22.7 Å². The topological polar surface area (TPSA) is 251 Å². The summed E-state index contributed by atoms with van der Waals surface area (Å²) in [4.78, 5) is 46.2. The molecule has 0 atom stereocenters. The molecule has 8 heterocycles. The molecule has 10 N–H and O–H groups in total. The van der Waals surface area contributed by atoms with Crippen LogP contribution in [0.1, 0.15) is 38.2 Å². The minimum absolute atomic E-state index is 0.0883. The number of rotatable bonds is 7. The summed E-state index contributed by atoms with van der Waals surface area (Å²) in [7, 11) is 0. The third-order valence-corrected chi connectivity index (χ3v) is 13.2. The maximum atomic E-state index is 11.9. The Balaban J connectivity index is 0.000000141. The lowest BCUT2D eigenvalue weighted by Gasteiger charge is -2.13. The monoisotopic (exact) mass is 860 g/mol. The van der Waals surface area contributed by atoms with Gasteiger partial charge in [0.05, 0.1) is 35.0 Å². The second kappa shape index (κ2) is 14.9. The van der Waals surface area contributed by atoms with Crippen molar-refractivity contribution in [2.24, 2.45) is 15.7 Å². The molecule has 304 valence electrons. The van der Waals surface area contributed by atoms with Gasteiger partial charge in [0.1, 0.15) is 29.0 Å². The second-order valence-electron chi connectivity index (χ2n) is 14.9. The van der Waals surface area contributed by atoms with Crippen LogP contribution in [0.15, 0.2) is 107 Å². The number of nitrogens with one attached hydrogen (secondary N) is 4. The first-order chi connectivity index (χ1) is 30.8. The number of amides is 1. The lowest BCUT2D eigenvalue weighted by atomic mass is 10.00. The number of aliphatic imine (C=N–C) groups is 2. The first-order valence-electron chi connectivity index (χ1n) is 19.6. The maximum Gasteiger partial charge on any atom is 0.251 e. The zero-order valence-electron chi connectivity index (χ0n) is 32.9. The molecule has 0 saturated carbocycles. The number of nitriles is 1. The summed E-state index contributed by atoms with van der Waals surface area (Å²) >= 11 is 3.52. The van der Waals surface area contributed by atoms with Gasteiger partial charge in [0, 0.05) is 66.5 Å². The number of fused-ring (bicyclic) bond motifs is 6. The lowest BCUT2D eigenvalue weighted by Crippen LogP contribution is -2.11. The SMILES string of the molecule is N#Cc1c[nH]c2nc(N)nc(Nc3cc4c(c(-c5cc6ccccc6s5)c3)CN=C4)c12.NC(=O)c1c[nH]c2nc(N)nc(Nc3cc4c(c(-c5cc6ccccc6s5)c3)CN=C4)c12. The summed E-state index contributed by atoms with van der Waals surface area (Å²) in [5.74, 6) is 0.566. The van der Waals surface area contributed by atoms with Crippen LogP contribution in [0.3, 0.4) is 0 Å². The molecule has 4 aromatic carbocycles. The lowest BCUT2D eigenvalue weighted by molar-refractivity contribution is 0.100. The molecule has 0 bridgehead atoms. The first kappa shape index (κ1) is 37.5. The van der Waals surface area contributed by atoms with Gasteiger partial charge in [-0.3, -0.25) is 14.8 Å². The van der Waals surface area contributed by atoms with Crippen LogP contribution in [0.25, 0.3) is 63.1 Å². The van der Waals surface area contributed by atoms with Crippen LogP contribution >= 0.6 is 22.7 Å². The van der Waals surface area contributed by atoms with Gasteiger partial charge >= 0.3 is 0 Å². The number of primary amides is 1. The molecule has 6 aromatic heterocycles. The fourth-order valence-electron chi connectivity index (χ4n) is 8.09. The van der Waals surface area contributed by atoms with E-state index in [2.05, 4.69) is 117 Å². The van der Waals surface area contributed by atoms with Crippen LogP contribution in [0, 0.1) is 11.3 Å². The fraction of sp³-hybridized carbons (Fsp3) is 0.0435. The summed E-state index contributed by atoms with van der Waals surface area (Å²) in [5, 5.41) is 19.7. The quantitative estimate of drug-likeness (QED) is 0.0800. The predicted octanol–water partition coefficient (Wildman–Crippen LogP) is 9.17. The van der Waals surface area contributed by atoms with Gasteiger partial charge in [-0.25, -0.2) is 0 Å². The Kier molecular flexibility index (Phi) is 8.89. The highest BCUT2D eigenvalue weighted by atomic mass is 32.1. The molecule has 15 nitrogen and oxygen atoms in total. The Morgan fingerprint density at radius 1 is 0.667 bits per heavy atom. The normalized spacial score (nSPS) is 12.4. The Bertz CT molecular complexity index is 3560. The summed E-state index contributed by atoms with van der Waals surface area (Å²) < 4.78 is 2.48. The highest BCUT2D eigenvalue weighted by Gasteiger charge is 2.22. The summed E-state index contributed by atoms with van der Waals surface area (Å²) in [5.41, 5.74) is 27.5. The standard InChI is InChI=1S/C23H17N7OS.C23H15N7S/c24-20(31)16-10-27-21-19(16)22(30-23(25)29-21)28-13-5-12-8-26-9-15(12)14(7-13)18-6-11-3-1-2-4-17(11)32-18;24-8-14-10-27-21-20(14)22(30-23(25)29-21)28-15-5-13-9-26-11-17(13)16(7-15)19-6-12-3-1-2-4-18(12)31-19/h1-8,10H,9H2,(H2,24,31)(H4,25,27,28,29,30);1-7,9-10H,11H2,(H4,25,27,28,29,30). The molecule has 2 aliphatic heterocycles. The summed E-state index contributed by atoms with van der Waals surface area (Å²) in [6.45, 7) is 1.31. The maximum absolute atomic E-state index is 11.9. The van der Waals surface area contributed by atoms with Crippen LogP contribution in [-0.4, -0.2) is 48.2 Å². The molecule has 2 aliphatic rings. The van der Waals surface area contributed by atoms with Crippen molar-refractivity contribution in [3.63, 3.8) is 0 Å². The Labute approximate surface area is 365 Å². The number of nitrogen functional groups attached to an aromatic ring is 2. The fourth-order valence-corrected chi connectivity index (χ4v) is 10.3. The molecule has 63 heavy (non-hydrogen) atoms. The van der Waals surface area contributed by atoms with Gasteiger partial charge < -0.3 is 37.8 Å². The molecule has 0 radical (unpaired) electrons. The van der Waals surface area contributed by atoms with Crippen molar-refractivity contribution in [2.75, 3.05) is 22.1 Å². The molecule has 0 fully saturated rings. The molecule has 0 unspecified atom stereocenters. The van der Waals surface area contributed by atoms with E-state index in [1.54, 1.807) is 28.9 Å². The van der Waals surface area contributed by atoms with Gasteiger partial charge in [-0.1, -0.05) is 36.4 Å². The number of carbonyl (C=O) groups is 1. The number of nitrogens with two attached hydrogens (primary N) is 3. The zero-order chi connectivity index (χ0) is 42.8. The number of hydrogen-bond acceptors (Lipinski definition) is 14. The molecule has 12 rings (SSSR count). The first-order valence-corrected chi connectivity index (χ1v) is 21.2. The van der Waals surface area contributed by atoms with E-state index in [4.69, 9.17) is 17.2 Å². The van der Waals surface area contributed by atoms with Crippen LogP contribution < -0.4 is 27.8 Å². The van der Waals surface area contributed by atoms with Gasteiger partial charge in [-0.2, -0.15) is 25.2 Å². The van der Waals surface area contributed by atoms with Gasteiger partial charge in [0.15, 0.2) is 0 Å². The van der Waals surface area contributed by atoms with Crippen molar-refractivity contribution in [1.29, 1.82) is 5.26 Å². The number of nitrogens with zero attached hydrogens (tertiary/aromatic N) is 7. The number of anilines is 6. The largest absolute Gasteiger partial charge is 0.368 e. The van der Waals surface area contributed by atoms with E-state index < -0.39 is 5.91 Å². The molecule has 0 aliphatic carbocycles. The van der Waals surface area contributed by atoms with E-state index in [9.17, 15) is 10.1 Å². The van der Waals surface area contributed by atoms with E-state index in [0.717, 1.165) is 33.6 Å². The minimum Gasteiger partial charge on any atom is -0.368 e. The number of thiophene rings is 2. The Morgan fingerprint density at radius 2 is 1.17 bits per heavy atom. The third-order valence-electron chi connectivity index (χ3n) is 10.9. The van der Waals surface area contributed by atoms with E-state index in [0.29, 0.717) is 57.9 Å². The van der Waals surface area contributed by atoms with Crippen molar-refractivity contribution in [2.45, 2.75) is 13.1 Å². The smallest absolute Gasteiger partial charge is 0.251 e. The highest BCUT2D eigenvalue weighted by Crippen LogP contribution is 2.42. The summed E-state index contributed by atoms with van der Waals surface area (Å²) in [6, 6.07) is 31.6. The molecule has 1 amide bonds. The van der Waals surface area contributed by atoms with E-state index >= 15 is 0 Å². The molecule has 0 saturated heterocycles. The van der Waals surface area contributed by atoms with Crippen LogP contribution in [0.2, 0.25) is 0 Å². The number of H-pyrrole nitrogens is 2. The number of benzene rings is 4. The van der Waals surface area contributed by atoms with Crippen molar-refractivity contribution in [1.82, 2.24) is 29.9 Å². The predicted molar refractivity (Wildman–Crippen MR) is 254 cm³/mol. The van der Waals surface area contributed by atoms with Crippen molar-refractivity contribution < 1.29 is 4.79 Å². The zero-order valence-corrected chi connectivity index (χ0v) is 34.5. The second-order valence-corrected chi connectivity index (χ2v) is 17.0. The number of aromatic nitrogens is 6. The summed E-state index contributed by atoms with van der Waals surface area (Å²) in [6.07, 6.45) is 6.91. The third kappa shape index (κ3) is 6.71. The van der Waals surface area contributed by atoms with Gasteiger partial charge in [0.2, 0.25) is 11.9 Å². The minimum atomic E-state index is -0.570. The van der Waals surface area contributed by atoms with E-state index in [1.165, 1.54) is 47.3 Å². The average Bonchev–Trinajstić information content (AvgIpc) is 4.14. The average molecular weight is 861 g/mol.